The third-order valence-electron chi connectivity index (χ3n) is 2.50. The molecule has 0 saturated carbocycles. The summed E-state index contributed by atoms with van der Waals surface area (Å²) in [5.74, 6) is 0. The zero-order valence-corrected chi connectivity index (χ0v) is 27.1. The number of hydrogen-bond acceptors (Lipinski definition) is 1. The third kappa shape index (κ3) is 48.1. The van der Waals surface area contributed by atoms with E-state index in [-0.39, 0.29) is 12.3 Å². The second-order valence-electron chi connectivity index (χ2n) is 3.87. The molecule has 0 atom stereocenters. The van der Waals surface area contributed by atoms with E-state index >= 15 is 0 Å². The molecule has 2 rings (SSSR count). The predicted molar refractivity (Wildman–Crippen MR) is 163 cm³/mol. The van der Waals surface area contributed by atoms with Gasteiger partial charge in [-0.05, 0) is 24.0 Å². The van der Waals surface area contributed by atoms with Gasteiger partial charge >= 0.3 is 64.9 Å². The molecule has 1 N–H and O–H groups in total. The molecular formula is C24H46I3OV. The molecule has 5 heteroatoms. The second-order valence-corrected chi connectivity index (χ2v) is 39.2. The number of rotatable bonds is 2. The second kappa shape index (κ2) is 47.1. The summed E-state index contributed by atoms with van der Waals surface area (Å²) in [6.45, 7) is 16.3. The van der Waals surface area contributed by atoms with Crippen LogP contribution < -0.4 is 0 Å². The number of hydrogen-bond donors (Lipinski definition) is 1. The van der Waals surface area contributed by atoms with Crippen molar-refractivity contribution in [2.75, 3.05) is 7.11 Å². The van der Waals surface area contributed by atoms with Crippen LogP contribution in [-0.2, 0) is 17.8 Å². The first-order valence-corrected chi connectivity index (χ1v) is 23.4. The summed E-state index contributed by atoms with van der Waals surface area (Å²) in [4.78, 5) is -0.278. The average molecular weight is 782 g/mol. The molecule has 0 spiro atoms. The quantitative estimate of drug-likeness (QED) is 0.301. The summed E-state index contributed by atoms with van der Waals surface area (Å²) in [6.07, 6.45) is 2.28. The van der Waals surface area contributed by atoms with E-state index in [1.165, 1.54) is 11.1 Å². The van der Waals surface area contributed by atoms with Crippen LogP contribution in [0.1, 0.15) is 73.9 Å². The van der Waals surface area contributed by atoms with Gasteiger partial charge in [-0.2, -0.15) is 0 Å². The van der Waals surface area contributed by atoms with Gasteiger partial charge in [-0.1, -0.05) is 123 Å². The zero-order chi connectivity index (χ0) is 23.2. The summed E-state index contributed by atoms with van der Waals surface area (Å²) >= 11 is 7.39. The van der Waals surface area contributed by atoms with Gasteiger partial charge in [0.2, 0.25) is 0 Å². The first kappa shape index (κ1) is 43.9. The third-order valence-corrected chi connectivity index (χ3v) is 2.50. The van der Waals surface area contributed by atoms with E-state index in [2.05, 4.69) is 122 Å². The van der Waals surface area contributed by atoms with Gasteiger partial charge in [-0.25, -0.2) is 0 Å². The van der Waals surface area contributed by atoms with Gasteiger partial charge < -0.3 is 5.11 Å². The van der Waals surface area contributed by atoms with E-state index in [0.717, 1.165) is 20.0 Å². The van der Waals surface area contributed by atoms with Crippen molar-refractivity contribution in [3.05, 3.63) is 71.8 Å². The normalized spacial score (nSPS) is 7.10. The number of benzene rings is 2. The fraction of sp³-hybridized carbons (Fsp3) is 0.500. The number of aliphatic hydroxyl groups is 1. The molecule has 0 unspecified atom stereocenters. The standard InChI is InChI=1S/2C8H10.3C2H6.CH4O.CH4.3HI.V/c2*1-2-8-6-4-3-5-7-8;4*1-2;;;;;/h2*3-7H,2H2,1H3;3*1-2H3;2H,1H3;1H4;3*1H;/q;;;;;;;;;;+3/p-3. The Labute approximate surface area is 222 Å². The van der Waals surface area contributed by atoms with Gasteiger partial charge in [0.25, 0.3) is 0 Å². The Kier molecular flexibility index (Phi) is 71.4. The summed E-state index contributed by atoms with van der Waals surface area (Å²) < 4.78 is 0. The Morgan fingerprint density at radius 2 is 0.759 bits per heavy atom. The van der Waals surface area contributed by atoms with Crippen molar-refractivity contribution in [3.63, 3.8) is 0 Å². The maximum atomic E-state index is 7.00. The van der Waals surface area contributed by atoms with E-state index in [0.29, 0.717) is 0 Å². The molecule has 29 heavy (non-hydrogen) atoms. The van der Waals surface area contributed by atoms with E-state index in [4.69, 9.17) is 5.11 Å². The molecule has 2 aromatic rings. The van der Waals surface area contributed by atoms with Crippen molar-refractivity contribution in [2.24, 2.45) is 0 Å². The van der Waals surface area contributed by atoms with Gasteiger partial charge in [-0.3, -0.25) is 0 Å². The van der Waals surface area contributed by atoms with Crippen LogP contribution in [0, 0.1) is 0 Å². The summed E-state index contributed by atoms with van der Waals surface area (Å²) in [5.41, 5.74) is 2.82. The Morgan fingerprint density at radius 1 is 0.586 bits per heavy atom. The molecule has 0 aliphatic rings. The van der Waals surface area contributed by atoms with Crippen molar-refractivity contribution in [2.45, 2.75) is 75.7 Å². The SMILES string of the molecule is C.CC.CC.CC.CCc1ccccc1.CCc1ccccc1.CO.[I][V]([I])[I]. The van der Waals surface area contributed by atoms with E-state index < -0.39 is 0 Å². The van der Waals surface area contributed by atoms with Crippen LogP contribution in [0.15, 0.2) is 60.7 Å². The van der Waals surface area contributed by atoms with Gasteiger partial charge in [0, 0.05) is 7.11 Å². The van der Waals surface area contributed by atoms with E-state index in [1.807, 2.05) is 53.7 Å². The molecule has 2 aromatic carbocycles. The average Bonchev–Trinajstić information content (AvgIpc) is 2.80. The summed E-state index contributed by atoms with van der Waals surface area (Å²) in [7, 11) is 1.00. The van der Waals surface area contributed by atoms with Crippen LogP contribution in [0.2, 0.25) is 0 Å². The Hall–Kier alpha value is 1.17. The van der Waals surface area contributed by atoms with E-state index in [9.17, 15) is 0 Å². The molecule has 0 amide bonds. The van der Waals surface area contributed by atoms with Gasteiger partial charge in [0.15, 0.2) is 0 Å². The zero-order valence-electron chi connectivity index (χ0n) is 19.2. The van der Waals surface area contributed by atoms with Crippen LogP contribution in [0.4, 0.5) is 0 Å². The fourth-order valence-corrected chi connectivity index (χ4v) is 1.43. The molecular weight excluding hydrogens is 736 g/mol. The van der Waals surface area contributed by atoms with Crippen LogP contribution in [0.3, 0.4) is 0 Å². The van der Waals surface area contributed by atoms with Gasteiger partial charge in [-0.15, -0.1) is 0 Å². The van der Waals surface area contributed by atoms with Crippen LogP contribution in [-0.4, -0.2) is 12.2 Å². The molecule has 0 bridgehead atoms. The molecule has 0 saturated heterocycles. The minimum absolute atomic E-state index is 0. The molecule has 0 aromatic heterocycles. The van der Waals surface area contributed by atoms with Gasteiger partial charge in [0.1, 0.15) is 0 Å². The Bertz CT molecular complexity index is 384. The van der Waals surface area contributed by atoms with E-state index in [1.54, 1.807) is 0 Å². The topological polar surface area (TPSA) is 20.2 Å². The summed E-state index contributed by atoms with van der Waals surface area (Å²) in [5, 5.41) is 7.00. The number of halogens is 3. The monoisotopic (exact) mass is 782 g/mol. The van der Waals surface area contributed by atoms with Crippen molar-refractivity contribution < 1.29 is 10.0 Å². The van der Waals surface area contributed by atoms with Crippen molar-refractivity contribution >= 4 is 59.9 Å². The Morgan fingerprint density at radius 3 is 0.862 bits per heavy atom. The number of aryl methyl sites for hydroxylation is 2. The molecule has 0 fully saturated rings. The van der Waals surface area contributed by atoms with Crippen molar-refractivity contribution in [1.82, 2.24) is 0 Å². The van der Waals surface area contributed by atoms with Crippen LogP contribution >= 0.6 is 59.9 Å². The van der Waals surface area contributed by atoms with Crippen molar-refractivity contribution in [3.8, 4) is 0 Å². The Balaban J connectivity index is -0.0000000592. The first-order valence-electron chi connectivity index (χ1n) is 9.90. The maximum absolute atomic E-state index is 7.00. The molecule has 0 aliphatic carbocycles. The van der Waals surface area contributed by atoms with Gasteiger partial charge in [0.05, 0.1) is 0 Å². The molecule has 0 radical (unpaired) electrons. The van der Waals surface area contributed by atoms with Crippen LogP contribution in [0.25, 0.3) is 0 Å². The molecule has 174 valence electrons. The minimum atomic E-state index is -0.278. The molecule has 0 heterocycles. The fourth-order valence-electron chi connectivity index (χ4n) is 1.43. The predicted octanol–water partition coefficient (Wildman–Crippen LogP) is 10.5. The van der Waals surface area contributed by atoms with Crippen molar-refractivity contribution in [1.29, 1.82) is 0 Å². The summed E-state index contributed by atoms with van der Waals surface area (Å²) in [6, 6.07) is 20.9. The first-order chi connectivity index (χ1) is 13.6. The molecule has 0 aliphatic heterocycles. The number of aliphatic hydroxyl groups excluding tert-OH is 1. The molecule has 1 nitrogen and oxygen atoms in total. The van der Waals surface area contributed by atoms with Crippen LogP contribution in [0.5, 0.6) is 0 Å².